The van der Waals surface area contributed by atoms with Crippen LogP contribution in [0.4, 0.5) is 0 Å². The van der Waals surface area contributed by atoms with E-state index < -0.39 is 0 Å². The van der Waals surface area contributed by atoms with Gasteiger partial charge in [0.05, 0.1) is 24.1 Å². The first-order valence-electron chi connectivity index (χ1n) is 9.23. The number of aromatic amines is 1. The first-order chi connectivity index (χ1) is 12.7. The highest BCUT2D eigenvalue weighted by atomic mass is 127. The second-order valence-electron chi connectivity index (χ2n) is 7.03. The molecule has 146 valence electrons. The van der Waals surface area contributed by atoms with E-state index in [1.54, 1.807) is 6.20 Å². The van der Waals surface area contributed by atoms with E-state index in [2.05, 4.69) is 38.0 Å². The predicted molar refractivity (Wildman–Crippen MR) is 111 cm³/mol. The lowest BCUT2D eigenvalue weighted by Crippen LogP contribution is -2.43. The van der Waals surface area contributed by atoms with Gasteiger partial charge in [0.15, 0.2) is 5.96 Å². The molecule has 27 heavy (non-hydrogen) atoms. The number of imide groups is 1. The summed E-state index contributed by atoms with van der Waals surface area (Å²) in [5, 5.41) is 13.1. The predicted octanol–water partition coefficient (Wildman–Crippen LogP) is 0.890. The topological polar surface area (TPSA) is 102 Å². The molecule has 2 bridgehead atoms. The van der Waals surface area contributed by atoms with E-state index in [0.29, 0.717) is 25.6 Å². The Morgan fingerprint density at radius 3 is 2.56 bits per heavy atom. The summed E-state index contributed by atoms with van der Waals surface area (Å²) in [4.78, 5) is 31.2. The van der Waals surface area contributed by atoms with Crippen LogP contribution in [0.5, 0.6) is 0 Å². The highest BCUT2D eigenvalue weighted by Crippen LogP contribution is 2.52. The van der Waals surface area contributed by atoms with Gasteiger partial charge in [-0.25, -0.2) is 4.99 Å². The summed E-state index contributed by atoms with van der Waals surface area (Å²) in [7, 11) is 0. The second-order valence-corrected chi connectivity index (χ2v) is 7.03. The van der Waals surface area contributed by atoms with Crippen molar-refractivity contribution in [2.24, 2.45) is 28.7 Å². The van der Waals surface area contributed by atoms with Crippen molar-refractivity contribution in [2.45, 2.75) is 19.9 Å². The molecule has 1 saturated heterocycles. The molecule has 2 heterocycles. The standard InChI is InChI=1S/C18H24N6O2.HI/c1-2-19-18(21-10-13-5-6-22-23-13)20-7-8-24-16(25)14-11-3-4-12(9-11)15(14)17(24)26;/h3-6,11-12,14-15H,2,7-10H2,1H3,(H,22,23)(H2,19,20,21);1H. The number of aliphatic imine (C=N–C) groups is 1. The molecule has 0 aromatic carbocycles. The van der Waals surface area contributed by atoms with E-state index in [9.17, 15) is 9.59 Å². The Morgan fingerprint density at radius 1 is 1.26 bits per heavy atom. The van der Waals surface area contributed by atoms with Gasteiger partial charge in [0.1, 0.15) is 0 Å². The fraction of sp³-hybridized carbons (Fsp3) is 0.556. The molecule has 1 aliphatic heterocycles. The molecule has 0 radical (unpaired) electrons. The van der Waals surface area contributed by atoms with E-state index in [4.69, 9.17) is 0 Å². The number of likely N-dealkylation sites (tertiary alicyclic amines) is 1. The lowest BCUT2D eigenvalue weighted by molar-refractivity contribution is -0.140. The molecule has 8 nitrogen and oxygen atoms in total. The number of guanidine groups is 1. The van der Waals surface area contributed by atoms with E-state index in [1.807, 2.05) is 13.0 Å². The molecular formula is C18H25IN6O2. The Balaban J connectivity index is 0.00000210. The summed E-state index contributed by atoms with van der Waals surface area (Å²) in [5.41, 5.74) is 0.919. The largest absolute Gasteiger partial charge is 0.357 e. The van der Waals surface area contributed by atoms with Gasteiger partial charge in [0.25, 0.3) is 0 Å². The third kappa shape index (κ3) is 3.74. The maximum absolute atomic E-state index is 12.7. The number of nitrogens with one attached hydrogen (secondary N) is 3. The number of aromatic nitrogens is 2. The van der Waals surface area contributed by atoms with E-state index in [1.165, 1.54) is 4.90 Å². The molecule has 1 aromatic rings. The smallest absolute Gasteiger partial charge is 0.233 e. The number of rotatable bonds is 6. The van der Waals surface area contributed by atoms with E-state index in [-0.39, 0.29) is 59.5 Å². The van der Waals surface area contributed by atoms with Crippen molar-refractivity contribution in [3.63, 3.8) is 0 Å². The van der Waals surface area contributed by atoms with Gasteiger partial charge in [-0.3, -0.25) is 19.6 Å². The average molecular weight is 484 g/mol. The molecule has 1 aromatic heterocycles. The first kappa shape index (κ1) is 19.8. The summed E-state index contributed by atoms with van der Waals surface area (Å²) < 4.78 is 0. The molecule has 1 saturated carbocycles. The average Bonchev–Trinajstić information content (AvgIpc) is 3.40. The number of hydrogen-bond acceptors (Lipinski definition) is 4. The maximum atomic E-state index is 12.7. The third-order valence-electron chi connectivity index (χ3n) is 5.50. The number of nitrogens with zero attached hydrogens (tertiary/aromatic N) is 3. The molecule has 9 heteroatoms. The number of H-pyrrole nitrogens is 1. The first-order valence-corrected chi connectivity index (χ1v) is 9.23. The van der Waals surface area contributed by atoms with Crippen LogP contribution < -0.4 is 10.6 Å². The van der Waals surface area contributed by atoms with Gasteiger partial charge < -0.3 is 10.6 Å². The Kier molecular flexibility index (Phi) is 6.18. The summed E-state index contributed by atoms with van der Waals surface area (Å²) in [6, 6.07) is 1.87. The quantitative estimate of drug-likeness (QED) is 0.183. The van der Waals surface area contributed by atoms with Crippen molar-refractivity contribution < 1.29 is 9.59 Å². The molecule has 2 amide bonds. The van der Waals surface area contributed by atoms with Gasteiger partial charge in [-0.15, -0.1) is 24.0 Å². The number of hydrogen-bond donors (Lipinski definition) is 3. The number of fused-ring (bicyclic) bond motifs is 5. The van der Waals surface area contributed by atoms with Crippen LogP contribution in [0, 0.1) is 23.7 Å². The van der Waals surface area contributed by atoms with Gasteiger partial charge in [0, 0.05) is 25.8 Å². The number of carbonyl (C=O) groups excluding carboxylic acids is 2. The van der Waals surface area contributed by atoms with Crippen molar-refractivity contribution in [2.75, 3.05) is 19.6 Å². The lowest BCUT2D eigenvalue weighted by Gasteiger charge is -2.18. The molecule has 3 aliphatic rings. The van der Waals surface area contributed by atoms with Crippen molar-refractivity contribution in [3.8, 4) is 0 Å². The number of amides is 2. The van der Waals surface area contributed by atoms with Crippen LogP contribution in [0.25, 0.3) is 0 Å². The second kappa shape index (κ2) is 8.41. The minimum Gasteiger partial charge on any atom is -0.357 e. The van der Waals surface area contributed by atoms with Gasteiger partial charge in [-0.2, -0.15) is 5.10 Å². The molecule has 2 aliphatic carbocycles. The highest BCUT2D eigenvalue weighted by Gasteiger charge is 2.58. The minimum absolute atomic E-state index is 0. The van der Waals surface area contributed by atoms with Crippen LogP contribution in [-0.4, -0.2) is 52.5 Å². The number of allylic oxidation sites excluding steroid dienone is 2. The zero-order valence-corrected chi connectivity index (χ0v) is 17.6. The van der Waals surface area contributed by atoms with Crippen LogP contribution in [0.1, 0.15) is 19.0 Å². The number of halogens is 1. The maximum Gasteiger partial charge on any atom is 0.233 e. The van der Waals surface area contributed by atoms with Crippen molar-refractivity contribution in [3.05, 3.63) is 30.1 Å². The molecule has 4 rings (SSSR count). The molecule has 2 fully saturated rings. The summed E-state index contributed by atoms with van der Waals surface area (Å²) in [6.07, 6.45) is 6.88. The van der Waals surface area contributed by atoms with E-state index in [0.717, 1.165) is 18.7 Å². The van der Waals surface area contributed by atoms with Crippen molar-refractivity contribution in [1.82, 2.24) is 25.7 Å². The van der Waals surface area contributed by atoms with Gasteiger partial charge in [-0.05, 0) is 31.2 Å². The van der Waals surface area contributed by atoms with Gasteiger partial charge in [-0.1, -0.05) is 12.2 Å². The summed E-state index contributed by atoms with van der Waals surface area (Å²) in [5.74, 6) is 0.916. The zero-order chi connectivity index (χ0) is 18.1. The van der Waals surface area contributed by atoms with Crippen LogP contribution in [-0.2, 0) is 16.1 Å². The fourth-order valence-corrected chi connectivity index (χ4v) is 4.35. The Bertz CT molecular complexity index is 717. The molecular weight excluding hydrogens is 459 g/mol. The number of carbonyl (C=O) groups is 2. The normalized spacial score (nSPS) is 28.5. The zero-order valence-electron chi connectivity index (χ0n) is 15.2. The van der Waals surface area contributed by atoms with Crippen molar-refractivity contribution >= 4 is 41.8 Å². The lowest BCUT2D eigenvalue weighted by atomic mass is 9.85. The van der Waals surface area contributed by atoms with Crippen molar-refractivity contribution in [1.29, 1.82) is 0 Å². The van der Waals surface area contributed by atoms with E-state index >= 15 is 0 Å². The van der Waals surface area contributed by atoms with Gasteiger partial charge >= 0.3 is 0 Å². The van der Waals surface area contributed by atoms with Gasteiger partial charge in [0.2, 0.25) is 11.8 Å². The highest BCUT2D eigenvalue weighted by molar-refractivity contribution is 14.0. The molecule has 4 unspecified atom stereocenters. The molecule has 3 N–H and O–H groups in total. The summed E-state index contributed by atoms with van der Waals surface area (Å²) >= 11 is 0. The van der Waals surface area contributed by atoms with Crippen LogP contribution >= 0.6 is 24.0 Å². The monoisotopic (exact) mass is 484 g/mol. The summed E-state index contributed by atoms with van der Waals surface area (Å²) in [6.45, 7) is 4.06. The SMILES string of the molecule is CCNC(=NCc1ccn[nH]1)NCCN1C(=O)C2C3C=CC(C3)C2C1=O.I. The Labute approximate surface area is 175 Å². The van der Waals surface area contributed by atoms with Crippen LogP contribution in [0.15, 0.2) is 29.4 Å². The van der Waals surface area contributed by atoms with Crippen LogP contribution in [0.3, 0.4) is 0 Å². The Hall–Kier alpha value is -1.91. The van der Waals surface area contributed by atoms with Crippen LogP contribution in [0.2, 0.25) is 0 Å². The Morgan fingerprint density at radius 2 is 1.96 bits per heavy atom. The molecule has 0 spiro atoms. The molecule has 4 atom stereocenters. The third-order valence-corrected chi connectivity index (χ3v) is 5.50. The minimum atomic E-state index is -0.125. The fourth-order valence-electron chi connectivity index (χ4n) is 4.35.